The monoisotopic (exact) mass is 510 g/mol. The minimum Gasteiger partial charge on any atom is -0.481 e. The fourth-order valence-corrected chi connectivity index (χ4v) is 4.11. The van der Waals surface area contributed by atoms with Gasteiger partial charge in [0, 0.05) is 34.9 Å². The maximum atomic E-state index is 13.1. The van der Waals surface area contributed by atoms with Crippen LogP contribution in [0.4, 0.5) is 17.6 Å². The number of rotatable bonds is 7. The van der Waals surface area contributed by atoms with Crippen molar-refractivity contribution in [2.45, 2.75) is 19.5 Å². The van der Waals surface area contributed by atoms with E-state index in [1.165, 1.54) is 30.6 Å². The molecule has 0 fully saturated rings. The Hall–Kier alpha value is -3.51. The number of aromatic amines is 1. The van der Waals surface area contributed by atoms with Crippen molar-refractivity contribution in [3.63, 3.8) is 0 Å². The van der Waals surface area contributed by atoms with E-state index < -0.39 is 18.7 Å². The molecule has 0 atom stereocenters. The summed E-state index contributed by atoms with van der Waals surface area (Å²) in [5.41, 5.74) is 2.38. The van der Waals surface area contributed by atoms with Crippen LogP contribution in [0.2, 0.25) is 0 Å². The molecule has 4 aromatic rings. The van der Waals surface area contributed by atoms with E-state index in [1.54, 1.807) is 37.5 Å². The Bertz CT molecular complexity index is 1290. The summed E-state index contributed by atoms with van der Waals surface area (Å²) < 4.78 is 53.7. The van der Waals surface area contributed by atoms with Crippen molar-refractivity contribution in [1.82, 2.24) is 20.3 Å². The second-order valence-electron chi connectivity index (χ2n) is 7.35. The number of methoxy groups -OCH3 is 1. The van der Waals surface area contributed by atoms with E-state index in [0.717, 1.165) is 16.6 Å². The van der Waals surface area contributed by atoms with Crippen molar-refractivity contribution in [2.75, 3.05) is 20.2 Å². The summed E-state index contributed by atoms with van der Waals surface area (Å²) in [6, 6.07) is 7.79. The molecule has 0 spiro atoms. The molecule has 35 heavy (non-hydrogen) atoms. The summed E-state index contributed by atoms with van der Waals surface area (Å²) in [4.78, 5) is 22.6. The molecule has 3 aromatic heterocycles. The minimum absolute atomic E-state index is 0.0690. The molecule has 186 valence electrons. The fourth-order valence-electron chi connectivity index (χ4n) is 3.21. The minimum atomic E-state index is -4.20. The van der Waals surface area contributed by atoms with Gasteiger partial charge in [-0.15, -0.1) is 11.3 Å². The lowest BCUT2D eigenvalue weighted by atomic mass is 10.1. The van der Waals surface area contributed by atoms with E-state index in [4.69, 9.17) is 9.84 Å². The van der Waals surface area contributed by atoms with Gasteiger partial charge in [0.2, 0.25) is 5.88 Å². The molecule has 0 bridgehead atoms. The highest BCUT2D eigenvalue weighted by Crippen LogP contribution is 2.30. The normalized spacial score (nSPS) is 11.3. The van der Waals surface area contributed by atoms with Crippen LogP contribution in [0.25, 0.3) is 21.3 Å². The molecule has 3 N–H and O–H groups in total. The number of ether oxygens (including phenoxy) is 1. The number of nitrogens with one attached hydrogen (secondary N) is 2. The number of halogens is 4. The first-order valence-electron chi connectivity index (χ1n) is 10.3. The van der Waals surface area contributed by atoms with Gasteiger partial charge in [0.15, 0.2) is 5.69 Å². The molecule has 0 radical (unpaired) electrons. The van der Waals surface area contributed by atoms with Gasteiger partial charge in [-0.1, -0.05) is 0 Å². The van der Waals surface area contributed by atoms with Crippen molar-refractivity contribution < 1.29 is 32.2 Å². The Balaban J connectivity index is 0.000000196. The van der Waals surface area contributed by atoms with E-state index in [-0.39, 0.29) is 18.1 Å². The maximum absolute atomic E-state index is 13.1. The number of thiazole rings is 1. The second-order valence-corrected chi connectivity index (χ2v) is 8.55. The summed E-state index contributed by atoms with van der Waals surface area (Å²) in [5.74, 6) is -0.890. The van der Waals surface area contributed by atoms with Crippen molar-refractivity contribution in [3.8, 4) is 16.3 Å². The number of alkyl halides is 3. The average molecular weight is 511 g/mol. The van der Waals surface area contributed by atoms with Crippen LogP contribution in [0.15, 0.2) is 42.7 Å². The first-order valence-corrected chi connectivity index (χ1v) is 11.1. The van der Waals surface area contributed by atoms with Crippen molar-refractivity contribution in [3.05, 3.63) is 64.8 Å². The van der Waals surface area contributed by atoms with Gasteiger partial charge in [-0.05, 0) is 49.7 Å². The quantitative estimate of drug-likeness (QED) is 0.233. The van der Waals surface area contributed by atoms with Crippen molar-refractivity contribution in [1.29, 1.82) is 0 Å². The fraction of sp³-hybridized carbons (Fsp3) is 0.261. The van der Waals surface area contributed by atoms with E-state index in [1.807, 2.05) is 0 Å². The molecule has 0 aliphatic carbocycles. The number of benzene rings is 1. The number of pyridine rings is 1. The SMILES string of the molecule is COc1ccc(-c2sc(C)nc2C(=O)O)cn1.Fc1ccc2[nH]cc(CCNCC(F)(F)F)c2c1. The highest BCUT2D eigenvalue weighted by molar-refractivity contribution is 7.15. The zero-order chi connectivity index (χ0) is 25.6. The molecule has 0 aliphatic rings. The van der Waals surface area contributed by atoms with Crippen LogP contribution in [-0.2, 0) is 6.42 Å². The summed E-state index contributed by atoms with van der Waals surface area (Å²) >= 11 is 1.34. The van der Waals surface area contributed by atoms with Crippen molar-refractivity contribution in [2.24, 2.45) is 0 Å². The molecule has 1 aromatic carbocycles. The van der Waals surface area contributed by atoms with Gasteiger partial charge in [0.1, 0.15) is 5.82 Å². The molecule has 0 saturated carbocycles. The van der Waals surface area contributed by atoms with Gasteiger partial charge >= 0.3 is 12.1 Å². The third kappa shape index (κ3) is 7.23. The summed E-state index contributed by atoms with van der Waals surface area (Å²) in [7, 11) is 1.53. The van der Waals surface area contributed by atoms with Crippen LogP contribution in [0.3, 0.4) is 0 Å². The molecule has 0 amide bonds. The van der Waals surface area contributed by atoms with E-state index in [0.29, 0.717) is 27.6 Å². The number of nitrogens with zero attached hydrogens (tertiary/aromatic N) is 2. The zero-order valence-electron chi connectivity index (χ0n) is 18.7. The van der Waals surface area contributed by atoms with E-state index in [9.17, 15) is 22.4 Å². The lowest BCUT2D eigenvalue weighted by Gasteiger charge is -2.07. The number of H-pyrrole nitrogens is 1. The molecule has 7 nitrogen and oxygen atoms in total. The van der Waals surface area contributed by atoms with E-state index >= 15 is 0 Å². The molecule has 12 heteroatoms. The predicted molar refractivity (Wildman–Crippen MR) is 124 cm³/mol. The van der Waals surface area contributed by atoms with Crippen LogP contribution in [0.5, 0.6) is 5.88 Å². The number of aromatic nitrogens is 3. The lowest BCUT2D eigenvalue weighted by Crippen LogP contribution is -2.30. The van der Waals surface area contributed by atoms with Crippen LogP contribution in [0, 0.1) is 12.7 Å². The first kappa shape index (κ1) is 26.1. The standard InChI is InChI=1S/C12H12F4N2.C11H10N2O3S/c13-9-1-2-11-10(5-9)8(6-18-11)3-4-17-7-12(14,15)16;1-6-13-9(11(14)15)10(17-6)7-3-4-8(16-2)12-5-7/h1-2,5-6,17-18H,3-4,7H2;3-5H,1-2H3,(H,14,15). The Morgan fingerprint density at radius 2 is 2.03 bits per heavy atom. The molecular formula is C23H22F4N4O3S. The summed E-state index contributed by atoms with van der Waals surface area (Å²) in [6.45, 7) is 0.963. The van der Waals surface area contributed by atoms with Crippen molar-refractivity contribution >= 4 is 28.2 Å². The predicted octanol–water partition coefficient (Wildman–Crippen LogP) is 5.22. The second kappa shape index (κ2) is 11.3. The molecule has 3 heterocycles. The molecule has 0 saturated heterocycles. The van der Waals surface area contributed by atoms with Gasteiger partial charge < -0.3 is 20.1 Å². The summed E-state index contributed by atoms with van der Waals surface area (Å²) in [5, 5.41) is 12.8. The zero-order valence-corrected chi connectivity index (χ0v) is 19.6. The Morgan fingerprint density at radius 3 is 2.66 bits per heavy atom. The number of carboxylic acids is 1. The van der Waals surface area contributed by atoms with Crippen LogP contribution in [-0.4, -0.2) is 52.4 Å². The topological polar surface area (TPSA) is 100 Å². The van der Waals surface area contributed by atoms with E-state index in [2.05, 4.69) is 20.3 Å². The van der Waals surface area contributed by atoms with Gasteiger partial charge in [0.05, 0.1) is 23.5 Å². The number of hydrogen-bond acceptors (Lipinski definition) is 6. The number of aromatic carboxylic acids is 1. The molecule has 0 unspecified atom stereocenters. The number of carbonyl (C=O) groups is 1. The highest BCUT2D eigenvalue weighted by Gasteiger charge is 2.26. The smallest absolute Gasteiger partial charge is 0.401 e. The third-order valence-corrected chi connectivity index (χ3v) is 5.79. The highest BCUT2D eigenvalue weighted by atomic mass is 32.1. The largest absolute Gasteiger partial charge is 0.481 e. The molecule has 0 aliphatic heterocycles. The van der Waals surface area contributed by atoms with Gasteiger partial charge in [0.25, 0.3) is 0 Å². The Kier molecular flexibility index (Phi) is 8.41. The Morgan fingerprint density at radius 1 is 1.26 bits per heavy atom. The van der Waals surface area contributed by atoms with Gasteiger partial charge in [-0.3, -0.25) is 0 Å². The number of carboxylic acid groups (broad SMARTS) is 1. The number of aryl methyl sites for hydroxylation is 1. The Labute approximate surface area is 201 Å². The first-order chi connectivity index (χ1) is 16.6. The van der Waals surface area contributed by atoms with Gasteiger partial charge in [-0.2, -0.15) is 13.2 Å². The lowest BCUT2D eigenvalue weighted by molar-refractivity contribution is -0.124. The van der Waals surface area contributed by atoms with Crippen LogP contribution in [0.1, 0.15) is 21.1 Å². The summed E-state index contributed by atoms with van der Waals surface area (Å²) in [6.07, 6.45) is -0.510. The molecular weight excluding hydrogens is 488 g/mol. The average Bonchev–Trinajstić information content (AvgIpc) is 3.40. The van der Waals surface area contributed by atoms with Crippen LogP contribution >= 0.6 is 11.3 Å². The number of hydrogen-bond donors (Lipinski definition) is 3. The number of fused-ring (bicyclic) bond motifs is 1. The van der Waals surface area contributed by atoms with Gasteiger partial charge in [-0.25, -0.2) is 19.2 Å². The maximum Gasteiger partial charge on any atom is 0.401 e. The van der Waals surface area contributed by atoms with Crippen LogP contribution < -0.4 is 10.1 Å². The third-order valence-electron chi connectivity index (χ3n) is 4.77. The molecule has 4 rings (SSSR count).